The third-order valence-corrected chi connectivity index (χ3v) is 1.79. The Bertz CT molecular complexity index is 329. The monoisotopic (exact) mass is 165 g/mol. The molecule has 0 unspecified atom stereocenters. The molecule has 1 aromatic carbocycles. The third-order valence-electron chi connectivity index (χ3n) is 1.79. The van der Waals surface area contributed by atoms with Gasteiger partial charge in [-0.25, -0.2) is 4.39 Å². The highest BCUT2D eigenvalue weighted by molar-refractivity contribution is 5.73. The lowest BCUT2D eigenvalue weighted by atomic mass is 10.0. The van der Waals surface area contributed by atoms with Crippen LogP contribution in [0.1, 0.15) is 18.1 Å². The molecule has 2 heteroatoms. The van der Waals surface area contributed by atoms with Gasteiger partial charge in [0.15, 0.2) is 0 Å². The molecule has 0 spiro atoms. The van der Waals surface area contributed by atoms with Crippen LogP contribution in [0.25, 0.3) is 5.57 Å². The van der Waals surface area contributed by atoms with Gasteiger partial charge in [-0.3, -0.25) is 0 Å². The first-order valence-corrected chi connectivity index (χ1v) is 3.74. The minimum Gasteiger partial charge on any atom is -0.398 e. The van der Waals surface area contributed by atoms with Crippen LogP contribution in [0, 0.1) is 12.7 Å². The summed E-state index contributed by atoms with van der Waals surface area (Å²) >= 11 is 0. The summed E-state index contributed by atoms with van der Waals surface area (Å²) in [5.41, 5.74) is 7.74. The first kappa shape index (κ1) is 8.78. The van der Waals surface area contributed by atoms with Crippen LogP contribution in [-0.4, -0.2) is 0 Å². The average molecular weight is 165 g/mol. The number of nitrogen functional groups attached to an aromatic ring is 1. The van der Waals surface area contributed by atoms with Gasteiger partial charge in [0.05, 0.1) is 0 Å². The Labute approximate surface area is 71.7 Å². The third kappa shape index (κ3) is 1.33. The van der Waals surface area contributed by atoms with Crippen molar-refractivity contribution in [2.24, 2.45) is 0 Å². The summed E-state index contributed by atoms with van der Waals surface area (Å²) in [6, 6.07) is 3.36. The van der Waals surface area contributed by atoms with E-state index in [1.54, 1.807) is 26.0 Å². The van der Waals surface area contributed by atoms with Gasteiger partial charge >= 0.3 is 0 Å². The predicted octanol–water partition coefficient (Wildman–Crippen LogP) is 2.75. The summed E-state index contributed by atoms with van der Waals surface area (Å²) in [6.45, 7) is 7.12. The van der Waals surface area contributed by atoms with Crippen molar-refractivity contribution in [3.63, 3.8) is 0 Å². The Balaban J connectivity index is 3.43. The summed E-state index contributed by atoms with van der Waals surface area (Å²) in [6.07, 6.45) is 0. The molecular formula is C10H12FN. The number of anilines is 1. The second-order valence-electron chi connectivity index (χ2n) is 2.94. The van der Waals surface area contributed by atoms with E-state index >= 15 is 0 Å². The lowest BCUT2D eigenvalue weighted by molar-refractivity contribution is 0.615. The van der Waals surface area contributed by atoms with E-state index in [1.807, 2.05) is 0 Å². The predicted molar refractivity (Wildman–Crippen MR) is 50.3 cm³/mol. The zero-order valence-electron chi connectivity index (χ0n) is 7.32. The summed E-state index contributed by atoms with van der Waals surface area (Å²) in [5, 5.41) is 0. The van der Waals surface area contributed by atoms with E-state index < -0.39 is 0 Å². The SMILES string of the molecule is C=C(C)c1c(N)ccc(C)c1F. The maximum absolute atomic E-state index is 13.4. The van der Waals surface area contributed by atoms with E-state index in [-0.39, 0.29) is 5.82 Å². The number of allylic oxidation sites excluding steroid dienone is 1. The molecule has 0 fully saturated rings. The fraction of sp³-hybridized carbons (Fsp3) is 0.200. The lowest BCUT2D eigenvalue weighted by Gasteiger charge is -2.07. The molecule has 0 bridgehead atoms. The molecule has 0 heterocycles. The van der Waals surface area contributed by atoms with Crippen LogP contribution in [0.15, 0.2) is 18.7 Å². The number of benzene rings is 1. The molecule has 0 aliphatic rings. The van der Waals surface area contributed by atoms with Crippen molar-refractivity contribution in [2.45, 2.75) is 13.8 Å². The van der Waals surface area contributed by atoms with Crippen molar-refractivity contribution in [1.82, 2.24) is 0 Å². The van der Waals surface area contributed by atoms with Crippen molar-refractivity contribution >= 4 is 11.3 Å². The molecule has 0 aliphatic heterocycles. The highest BCUT2D eigenvalue weighted by Crippen LogP contribution is 2.25. The summed E-state index contributed by atoms with van der Waals surface area (Å²) in [4.78, 5) is 0. The van der Waals surface area contributed by atoms with Gasteiger partial charge in [-0.2, -0.15) is 0 Å². The van der Waals surface area contributed by atoms with E-state index in [1.165, 1.54) is 0 Å². The van der Waals surface area contributed by atoms with E-state index in [2.05, 4.69) is 6.58 Å². The van der Waals surface area contributed by atoms with E-state index in [0.29, 0.717) is 22.4 Å². The van der Waals surface area contributed by atoms with E-state index in [0.717, 1.165) is 0 Å². The minimum absolute atomic E-state index is 0.262. The Morgan fingerprint density at radius 2 is 2.08 bits per heavy atom. The second kappa shape index (κ2) is 2.97. The Kier molecular flexibility index (Phi) is 2.18. The average Bonchev–Trinajstić information content (AvgIpc) is 1.97. The zero-order chi connectivity index (χ0) is 9.30. The van der Waals surface area contributed by atoms with Crippen LogP contribution in [0.2, 0.25) is 0 Å². The van der Waals surface area contributed by atoms with E-state index in [9.17, 15) is 4.39 Å². The summed E-state index contributed by atoms with van der Waals surface area (Å²) in [5.74, 6) is -0.262. The zero-order valence-corrected chi connectivity index (χ0v) is 7.32. The van der Waals surface area contributed by atoms with Gasteiger partial charge in [0.1, 0.15) is 5.82 Å². The number of nitrogens with two attached hydrogens (primary N) is 1. The van der Waals surface area contributed by atoms with Gasteiger partial charge < -0.3 is 5.73 Å². The summed E-state index contributed by atoms with van der Waals surface area (Å²) < 4.78 is 13.4. The number of rotatable bonds is 1. The molecule has 0 amide bonds. The van der Waals surface area contributed by atoms with Crippen molar-refractivity contribution in [3.05, 3.63) is 35.7 Å². The van der Waals surface area contributed by atoms with Crippen LogP contribution in [0.5, 0.6) is 0 Å². The highest BCUT2D eigenvalue weighted by Gasteiger charge is 2.08. The summed E-state index contributed by atoms with van der Waals surface area (Å²) in [7, 11) is 0. The first-order valence-electron chi connectivity index (χ1n) is 3.74. The molecule has 0 saturated carbocycles. The smallest absolute Gasteiger partial charge is 0.135 e. The molecule has 0 atom stereocenters. The second-order valence-corrected chi connectivity index (χ2v) is 2.94. The number of halogens is 1. The fourth-order valence-corrected chi connectivity index (χ4v) is 1.13. The number of hydrogen-bond donors (Lipinski definition) is 1. The molecular weight excluding hydrogens is 153 g/mol. The van der Waals surface area contributed by atoms with E-state index in [4.69, 9.17) is 5.73 Å². The van der Waals surface area contributed by atoms with Gasteiger partial charge in [0, 0.05) is 11.3 Å². The minimum atomic E-state index is -0.262. The maximum Gasteiger partial charge on any atom is 0.135 e. The molecule has 0 aromatic heterocycles. The van der Waals surface area contributed by atoms with Crippen molar-refractivity contribution in [2.75, 3.05) is 5.73 Å². The van der Waals surface area contributed by atoms with Crippen molar-refractivity contribution in [1.29, 1.82) is 0 Å². The van der Waals surface area contributed by atoms with Crippen molar-refractivity contribution in [3.8, 4) is 0 Å². The van der Waals surface area contributed by atoms with Gasteiger partial charge in [0.25, 0.3) is 0 Å². The molecule has 0 saturated heterocycles. The normalized spacial score (nSPS) is 9.92. The molecule has 0 radical (unpaired) electrons. The van der Waals surface area contributed by atoms with Gasteiger partial charge in [0.2, 0.25) is 0 Å². The molecule has 0 aliphatic carbocycles. The topological polar surface area (TPSA) is 26.0 Å². The quantitative estimate of drug-likeness (QED) is 0.636. The molecule has 64 valence electrons. The Morgan fingerprint density at radius 1 is 1.50 bits per heavy atom. The van der Waals surface area contributed by atoms with Gasteiger partial charge in [-0.15, -0.1) is 0 Å². The molecule has 2 N–H and O–H groups in total. The molecule has 12 heavy (non-hydrogen) atoms. The molecule has 1 aromatic rings. The molecule has 1 nitrogen and oxygen atoms in total. The lowest BCUT2D eigenvalue weighted by Crippen LogP contribution is -1.97. The highest BCUT2D eigenvalue weighted by atomic mass is 19.1. The van der Waals surface area contributed by atoms with Crippen LogP contribution in [0.4, 0.5) is 10.1 Å². The van der Waals surface area contributed by atoms with Crippen molar-refractivity contribution < 1.29 is 4.39 Å². The van der Waals surface area contributed by atoms with Gasteiger partial charge in [-0.05, 0) is 31.1 Å². The number of aryl methyl sites for hydroxylation is 1. The van der Waals surface area contributed by atoms with Crippen LogP contribution in [-0.2, 0) is 0 Å². The van der Waals surface area contributed by atoms with Crippen LogP contribution >= 0.6 is 0 Å². The Morgan fingerprint density at radius 3 is 2.50 bits per heavy atom. The number of hydrogen-bond acceptors (Lipinski definition) is 1. The standard InChI is InChI=1S/C10H12FN/c1-6(2)9-8(12)5-4-7(3)10(9)11/h4-5H,1,12H2,2-3H3. The maximum atomic E-state index is 13.4. The van der Waals surface area contributed by atoms with Crippen LogP contribution in [0.3, 0.4) is 0 Å². The Hall–Kier alpha value is -1.31. The fourth-order valence-electron chi connectivity index (χ4n) is 1.13. The molecule has 1 rings (SSSR count). The van der Waals surface area contributed by atoms with Crippen LogP contribution < -0.4 is 5.73 Å². The largest absolute Gasteiger partial charge is 0.398 e. The first-order chi connectivity index (χ1) is 5.54. The van der Waals surface area contributed by atoms with Gasteiger partial charge in [-0.1, -0.05) is 12.6 Å².